The van der Waals surface area contributed by atoms with Gasteiger partial charge in [-0.25, -0.2) is 0 Å². The van der Waals surface area contributed by atoms with Crippen molar-refractivity contribution in [2.24, 2.45) is 4.99 Å². The standard InChI is InChI=1S/C21H18N2O/c24-20(15-16-7-2-1-3-8-16)23-14-13-22-21(23)19-12-6-10-17-9-4-5-11-18(17)19/h1-12H,13-15H2. The van der Waals surface area contributed by atoms with Gasteiger partial charge in [-0.3, -0.25) is 14.7 Å². The van der Waals surface area contributed by atoms with Crippen LogP contribution in [0.3, 0.4) is 0 Å². The van der Waals surface area contributed by atoms with Crippen LogP contribution in [0.25, 0.3) is 10.8 Å². The quantitative estimate of drug-likeness (QED) is 0.726. The molecule has 0 aromatic heterocycles. The molecule has 3 aromatic carbocycles. The number of aliphatic imine (C=N–C) groups is 1. The van der Waals surface area contributed by atoms with E-state index in [4.69, 9.17) is 0 Å². The van der Waals surface area contributed by atoms with Crippen molar-refractivity contribution in [1.82, 2.24) is 4.90 Å². The SMILES string of the molecule is O=C(Cc1ccccc1)N1CCN=C1c1cccc2ccccc12. The van der Waals surface area contributed by atoms with Crippen molar-refractivity contribution in [1.29, 1.82) is 0 Å². The topological polar surface area (TPSA) is 32.7 Å². The second-order valence-electron chi connectivity index (χ2n) is 5.94. The minimum absolute atomic E-state index is 0.102. The number of fused-ring (bicyclic) bond motifs is 1. The maximum Gasteiger partial charge on any atom is 0.232 e. The van der Waals surface area contributed by atoms with Crippen molar-refractivity contribution in [2.75, 3.05) is 13.1 Å². The van der Waals surface area contributed by atoms with E-state index in [-0.39, 0.29) is 5.91 Å². The predicted molar refractivity (Wildman–Crippen MR) is 97.2 cm³/mol. The third kappa shape index (κ3) is 2.69. The van der Waals surface area contributed by atoms with E-state index in [0.717, 1.165) is 22.3 Å². The van der Waals surface area contributed by atoms with Crippen LogP contribution in [-0.2, 0) is 11.2 Å². The summed E-state index contributed by atoms with van der Waals surface area (Å²) >= 11 is 0. The third-order valence-corrected chi connectivity index (χ3v) is 4.37. The van der Waals surface area contributed by atoms with Gasteiger partial charge >= 0.3 is 0 Å². The van der Waals surface area contributed by atoms with E-state index in [1.165, 1.54) is 5.39 Å². The van der Waals surface area contributed by atoms with Crippen LogP contribution in [0.4, 0.5) is 0 Å². The van der Waals surface area contributed by atoms with Crippen molar-refractivity contribution in [3.05, 3.63) is 83.9 Å². The first-order valence-electron chi connectivity index (χ1n) is 8.20. The molecular weight excluding hydrogens is 296 g/mol. The average Bonchev–Trinajstić information content (AvgIpc) is 3.12. The highest BCUT2D eigenvalue weighted by Crippen LogP contribution is 2.22. The summed E-state index contributed by atoms with van der Waals surface area (Å²) in [7, 11) is 0. The number of carbonyl (C=O) groups excluding carboxylic acids is 1. The predicted octanol–water partition coefficient (Wildman–Crippen LogP) is 3.67. The largest absolute Gasteiger partial charge is 0.294 e. The van der Waals surface area contributed by atoms with Crippen LogP contribution >= 0.6 is 0 Å². The van der Waals surface area contributed by atoms with Crippen molar-refractivity contribution in [3.63, 3.8) is 0 Å². The number of carbonyl (C=O) groups is 1. The Morgan fingerprint density at radius 3 is 2.54 bits per heavy atom. The molecule has 3 aromatic rings. The number of benzene rings is 3. The zero-order chi connectivity index (χ0) is 16.4. The van der Waals surface area contributed by atoms with Gasteiger partial charge in [0.25, 0.3) is 0 Å². The fourth-order valence-corrected chi connectivity index (χ4v) is 3.21. The van der Waals surface area contributed by atoms with Crippen LogP contribution in [0.2, 0.25) is 0 Å². The van der Waals surface area contributed by atoms with Gasteiger partial charge in [-0.15, -0.1) is 0 Å². The summed E-state index contributed by atoms with van der Waals surface area (Å²) in [5.74, 6) is 0.901. The molecule has 1 heterocycles. The molecule has 4 rings (SSSR count). The highest BCUT2D eigenvalue weighted by Gasteiger charge is 2.25. The van der Waals surface area contributed by atoms with Gasteiger partial charge in [0, 0.05) is 12.1 Å². The molecule has 0 saturated heterocycles. The number of rotatable bonds is 3. The minimum Gasteiger partial charge on any atom is -0.294 e. The zero-order valence-electron chi connectivity index (χ0n) is 13.4. The fraction of sp³-hybridized carbons (Fsp3) is 0.143. The molecule has 3 nitrogen and oxygen atoms in total. The van der Waals surface area contributed by atoms with Gasteiger partial charge < -0.3 is 0 Å². The monoisotopic (exact) mass is 314 g/mol. The van der Waals surface area contributed by atoms with Gasteiger partial charge in [0.2, 0.25) is 5.91 Å². The van der Waals surface area contributed by atoms with Crippen LogP contribution < -0.4 is 0 Å². The molecule has 0 radical (unpaired) electrons. The molecule has 1 aliphatic heterocycles. The van der Waals surface area contributed by atoms with E-state index in [2.05, 4.69) is 29.3 Å². The van der Waals surface area contributed by atoms with Crippen molar-refractivity contribution in [2.45, 2.75) is 6.42 Å². The second-order valence-corrected chi connectivity index (χ2v) is 5.94. The molecule has 1 amide bonds. The molecule has 0 fully saturated rings. The summed E-state index contributed by atoms with van der Waals surface area (Å²) in [6, 6.07) is 24.3. The zero-order valence-corrected chi connectivity index (χ0v) is 13.4. The van der Waals surface area contributed by atoms with Gasteiger partial charge in [-0.2, -0.15) is 0 Å². The lowest BCUT2D eigenvalue weighted by Crippen LogP contribution is -2.36. The van der Waals surface area contributed by atoms with Crippen LogP contribution in [0.15, 0.2) is 77.8 Å². The van der Waals surface area contributed by atoms with Crippen LogP contribution in [0, 0.1) is 0 Å². The Balaban J connectivity index is 1.66. The Morgan fingerprint density at radius 1 is 0.917 bits per heavy atom. The third-order valence-electron chi connectivity index (χ3n) is 4.37. The van der Waals surface area contributed by atoms with Gasteiger partial charge in [-0.1, -0.05) is 72.8 Å². The Morgan fingerprint density at radius 2 is 1.67 bits per heavy atom. The number of hydrogen-bond acceptors (Lipinski definition) is 2. The molecule has 118 valence electrons. The normalized spacial score (nSPS) is 14.0. The van der Waals surface area contributed by atoms with Crippen LogP contribution in [-0.4, -0.2) is 29.7 Å². The molecule has 1 aliphatic rings. The summed E-state index contributed by atoms with van der Waals surface area (Å²) in [6.07, 6.45) is 0.407. The first-order valence-corrected chi connectivity index (χ1v) is 8.20. The summed E-state index contributed by atoms with van der Waals surface area (Å²) in [5, 5.41) is 2.30. The van der Waals surface area contributed by atoms with E-state index in [1.807, 2.05) is 53.4 Å². The number of hydrogen-bond donors (Lipinski definition) is 0. The maximum absolute atomic E-state index is 12.8. The van der Waals surface area contributed by atoms with Gasteiger partial charge in [0.05, 0.1) is 13.0 Å². The highest BCUT2D eigenvalue weighted by atomic mass is 16.2. The molecule has 3 heteroatoms. The Labute approximate surface area is 141 Å². The van der Waals surface area contributed by atoms with E-state index >= 15 is 0 Å². The first-order chi connectivity index (χ1) is 11.8. The van der Waals surface area contributed by atoms with Gasteiger partial charge in [0.15, 0.2) is 0 Å². The molecule has 0 unspecified atom stereocenters. The molecule has 0 aliphatic carbocycles. The molecule has 0 bridgehead atoms. The molecule has 0 atom stereocenters. The summed E-state index contributed by atoms with van der Waals surface area (Å²) in [4.78, 5) is 19.2. The molecule has 24 heavy (non-hydrogen) atoms. The van der Waals surface area contributed by atoms with Gasteiger partial charge in [0.1, 0.15) is 5.84 Å². The average molecular weight is 314 g/mol. The first kappa shape index (κ1) is 14.6. The summed E-state index contributed by atoms with van der Waals surface area (Å²) in [6.45, 7) is 1.32. The number of nitrogens with zero attached hydrogens (tertiary/aromatic N) is 2. The second kappa shape index (κ2) is 6.28. The molecular formula is C21H18N2O. The lowest BCUT2D eigenvalue weighted by molar-refractivity contribution is -0.126. The van der Waals surface area contributed by atoms with E-state index in [9.17, 15) is 4.79 Å². The lowest BCUT2D eigenvalue weighted by atomic mass is 10.0. The van der Waals surface area contributed by atoms with E-state index < -0.39 is 0 Å². The highest BCUT2D eigenvalue weighted by molar-refractivity contribution is 6.15. The van der Waals surface area contributed by atoms with Crippen LogP contribution in [0.1, 0.15) is 11.1 Å². The number of amides is 1. The molecule has 0 spiro atoms. The smallest absolute Gasteiger partial charge is 0.232 e. The molecule has 0 saturated carbocycles. The summed E-state index contributed by atoms with van der Waals surface area (Å²) < 4.78 is 0. The lowest BCUT2D eigenvalue weighted by Gasteiger charge is -2.19. The Kier molecular flexibility index (Phi) is 3.83. The van der Waals surface area contributed by atoms with Gasteiger partial charge in [-0.05, 0) is 16.3 Å². The van der Waals surface area contributed by atoms with E-state index in [0.29, 0.717) is 19.5 Å². The minimum atomic E-state index is 0.102. The van der Waals surface area contributed by atoms with E-state index in [1.54, 1.807) is 0 Å². The van der Waals surface area contributed by atoms with Crippen LogP contribution in [0.5, 0.6) is 0 Å². The van der Waals surface area contributed by atoms with Crippen molar-refractivity contribution >= 4 is 22.5 Å². The van der Waals surface area contributed by atoms with Crippen molar-refractivity contribution < 1.29 is 4.79 Å². The van der Waals surface area contributed by atoms with Crippen molar-refractivity contribution in [3.8, 4) is 0 Å². The Hall–Kier alpha value is -2.94. The maximum atomic E-state index is 12.8. The fourth-order valence-electron chi connectivity index (χ4n) is 3.21. The Bertz CT molecular complexity index is 910. The summed E-state index contributed by atoms with van der Waals surface area (Å²) in [5.41, 5.74) is 2.07. The number of amidine groups is 1. The molecule has 0 N–H and O–H groups in total.